The molecule has 5 rings (SSSR count). The van der Waals surface area contributed by atoms with Crippen molar-refractivity contribution in [3.63, 3.8) is 0 Å². The Labute approximate surface area is 201 Å². The number of hydrogen-bond acceptors (Lipinski definition) is 5. The van der Waals surface area contributed by atoms with E-state index in [9.17, 15) is 5.26 Å². The minimum absolute atomic E-state index is 0.495. The number of benzene rings is 3. The molecular formula is C28H20N4OS. The molecule has 0 N–H and O–H groups in total. The van der Waals surface area contributed by atoms with Crippen molar-refractivity contribution in [1.29, 1.82) is 5.26 Å². The van der Waals surface area contributed by atoms with Crippen LogP contribution in [0.2, 0.25) is 0 Å². The molecule has 2 heterocycles. The third-order valence-electron chi connectivity index (χ3n) is 5.35. The van der Waals surface area contributed by atoms with Crippen molar-refractivity contribution in [2.75, 3.05) is 7.11 Å². The van der Waals surface area contributed by atoms with E-state index >= 15 is 0 Å². The molecule has 3 aromatic carbocycles. The fraction of sp³-hybridized carbons (Fsp3) is 0.0357. The van der Waals surface area contributed by atoms with Crippen LogP contribution >= 0.6 is 11.3 Å². The highest BCUT2D eigenvalue weighted by Gasteiger charge is 2.15. The summed E-state index contributed by atoms with van der Waals surface area (Å²) in [4.78, 5) is 4.72. The Morgan fingerprint density at radius 2 is 1.65 bits per heavy atom. The average Bonchev–Trinajstić information content (AvgIpc) is 3.56. The molecule has 2 aromatic heterocycles. The summed E-state index contributed by atoms with van der Waals surface area (Å²) in [6, 6.07) is 30.0. The smallest absolute Gasteiger partial charge is 0.134 e. The largest absolute Gasteiger partial charge is 0.497 e. The zero-order valence-electron chi connectivity index (χ0n) is 18.4. The maximum absolute atomic E-state index is 9.98. The maximum Gasteiger partial charge on any atom is 0.134 e. The number of nitrogens with zero attached hydrogens (tertiary/aromatic N) is 4. The number of rotatable bonds is 6. The quantitative estimate of drug-likeness (QED) is 0.263. The second kappa shape index (κ2) is 9.57. The molecule has 0 saturated carbocycles. The highest BCUT2D eigenvalue weighted by molar-refractivity contribution is 7.11. The van der Waals surface area contributed by atoms with Crippen molar-refractivity contribution in [2.45, 2.75) is 0 Å². The van der Waals surface area contributed by atoms with Crippen LogP contribution in [0.25, 0.3) is 39.9 Å². The number of para-hydroxylation sites is 1. The Hall–Kier alpha value is -4.47. The first-order valence-corrected chi connectivity index (χ1v) is 11.6. The van der Waals surface area contributed by atoms with Crippen molar-refractivity contribution in [3.05, 3.63) is 107 Å². The second-order valence-electron chi connectivity index (χ2n) is 7.52. The van der Waals surface area contributed by atoms with E-state index < -0.39 is 0 Å². The molecule has 164 valence electrons. The van der Waals surface area contributed by atoms with Crippen LogP contribution in [0, 0.1) is 11.3 Å². The van der Waals surface area contributed by atoms with E-state index in [4.69, 9.17) is 14.8 Å². The topological polar surface area (TPSA) is 63.7 Å². The number of methoxy groups -OCH3 is 1. The van der Waals surface area contributed by atoms with E-state index in [2.05, 4.69) is 6.07 Å². The van der Waals surface area contributed by atoms with Crippen LogP contribution in [0.1, 0.15) is 10.6 Å². The van der Waals surface area contributed by atoms with E-state index in [0.717, 1.165) is 39.5 Å². The van der Waals surface area contributed by atoms with Gasteiger partial charge in [0.15, 0.2) is 0 Å². The number of allylic oxidation sites excluding steroid dienone is 1. The summed E-state index contributed by atoms with van der Waals surface area (Å²) in [7, 11) is 1.64. The Morgan fingerprint density at radius 3 is 2.32 bits per heavy atom. The van der Waals surface area contributed by atoms with Gasteiger partial charge < -0.3 is 4.74 Å². The predicted molar refractivity (Wildman–Crippen MR) is 137 cm³/mol. The molecule has 0 unspecified atom stereocenters. The second-order valence-corrected chi connectivity index (χ2v) is 8.37. The highest BCUT2D eigenvalue weighted by Crippen LogP contribution is 2.31. The fourth-order valence-corrected chi connectivity index (χ4v) is 4.41. The van der Waals surface area contributed by atoms with E-state index in [-0.39, 0.29) is 0 Å². The normalized spacial score (nSPS) is 11.2. The summed E-state index contributed by atoms with van der Waals surface area (Å²) in [5.74, 6) is 0.775. The van der Waals surface area contributed by atoms with E-state index in [0.29, 0.717) is 10.6 Å². The summed E-state index contributed by atoms with van der Waals surface area (Å²) in [5.41, 5.74) is 5.87. The molecule has 5 aromatic rings. The van der Waals surface area contributed by atoms with Gasteiger partial charge in [-0.25, -0.2) is 9.67 Å². The molecule has 6 heteroatoms. The summed E-state index contributed by atoms with van der Waals surface area (Å²) in [6.07, 6.45) is 3.80. The van der Waals surface area contributed by atoms with Gasteiger partial charge in [0.1, 0.15) is 16.8 Å². The molecule has 0 aliphatic rings. The van der Waals surface area contributed by atoms with Crippen molar-refractivity contribution in [1.82, 2.24) is 14.8 Å². The van der Waals surface area contributed by atoms with E-state index in [1.54, 1.807) is 7.11 Å². The van der Waals surface area contributed by atoms with Crippen LogP contribution < -0.4 is 4.74 Å². The molecule has 0 aliphatic heterocycles. The zero-order chi connectivity index (χ0) is 23.3. The summed E-state index contributed by atoms with van der Waals surface area (Å²) in [6.45, 7) is 0. The van der Waals surface area contributed by atoms with Gasteiger partial charge >= 0.3 is 0 Å². The number of nitriles is 1. The van der Waals surface area contributed by atoms with Gasteiger partial charge in [-0.3, -0.25) is 0 Å². The van der Waals surface area contributed by atoms with Gasteiger partial charge in [-0.2, -0.15) is 10.4 Å². The molecular weight excluding hydrogens is 440 g/mol. The highest BCUT2D eigenvalue weighted by atomic mass is 32.1. The zero-order valence-corrected chi connectivity index (χ0v) is 19.2. The molecule has 5 nitrogen and oxygen atoms in total. The van der Waals surface area contributed by atoms with Crippen LogP contribution in [-0.4, -0.2) is 21.9 Å². The number of thiazole rings is 1. The lowest BCUT2D eigenvalue weighted by molar-refractivity contribution is 0.415. The van der Waals surface area contributed by atoms with Gasteiger partial charge in [-0.1, -0.05) is 48.5 Å². The average molecular weight is 461 g/mol. The van der Waals surface area contributed by atoms with Gasteiger partial charge in [-0.15, -0.1) is 11.3 Å². The molecule has 0 spiro atoms. The molecule has 0 aliphatic carbocycles. The van der Waals surface area contributed by atoms with Gasteiger partial charge in [0.25, 0.3) is 0 Å². The van der Waals surface area contributed by atoms with Crippen LogP contribution in [0.15, 0.2) is 96.5 Å². The Bertz CT molecular complexity index is 1480. The first-order valence-electron chi connectivity index (χ1n) is 10.7. The van der Waals surface area contributed by atoms with Crippen LogP contribution in [0.3, 0.4) is 0 Å². The lowest BCUT2D eigenvalue weighted by atomic mass is 10.1. The van der Waals surface area contributed by atoms with Crippen LogP contribution in [0.4, 0.5) is 0 Å². The van der Waals surface area contributed by atoms with Gasteiger partial charge in [0.2, 0.25) is 0 Å². The maximum atomic E-state index is 9.98. The molecule has 0 atom stereocenters. The number of aromatic nitrogens is 3. The van der Waals surface area contributed by atoms with Gasteiger partial charge in [0, 0.05) is 28.3 Å². The predicted octanol–water partition coefficient (Wildman–Crippen LogP) is 6.74. The van der Waals surface area contributed by atoms with E-state index in [1.807, 2.05) is 107 Å². The first kappa shape index (κ1) is 21.4. The fourth-order valence-electron chi connectivity index (χ4n) is 3.62. The Balaban J connectivity index is 1.59. The molecule has 34 heavy (non-hydrogen) atoms. The Kier molecular flexibility index (Phi) is 6.02. The lowest BCUT2D eigenvalue weighted by Crippen LogP contribution is -1.94. The summed E-state index contributed by atoms with van der Waals surface area (Å²) < 4.78 is 7.13. The molecule has 0 bridgehead atoms. The van der Waals surface area contributed by atoms with E-state index in [1.165, 1.54) is 11.3 Å². The first-order chi connectivity index (χ1) is 16.7. The molecule has 0 fully saturated rings. The minimum Gasteiger partial charge on any atom is -0.497 e. The molecule has 0 saturated heterocycles. The molecule has 0 radical (unpaired) electrons. The van der Waals surface area contributed by atoms with Gasteiger partial charge in [-0.05, 0) is 42.5 Å². The van der Waals surface area contributed by atoms with Crippen molar-refractivity contribution < 1.29 is 4.74 Å². The summed E-state index contributed by atoms with van der Waals surface area (Å²) in [5, 5.41) is 17.5. The lowest BCUT2D eigenvalue weighted by Gasteiger charge is -2.03. The number of ether oxygens (including phenoxy) is 1. The third kappa shape index (κ3) is 4.38. The number of hydrogen-bond donors (Lipinski definition) is 0. The van der Waals surface area contributed by atoms with Crippen molar-refractivity contribution in [2.24, 2.45) is 0 Å². The Morgan fingerprint density at radius 1 is 0.941 bits per heavy atom. The molecule has 0 amide bonds. The van der Waals surface area contributed by atoms with Gasteiger partial charge in [0.05, 0.1) is 29.8 Å². The monoisotopic (exact) mass is 460 g/mol. The third-order valence-corrected chi connectivity index (χ3v) is 6.23. The van der Waals surface area contributed by atoms with Crippen molar-refractivity contribution in [3.8, 4) is 40.0 Å². The van der Waals surface area contributed by atoms with Crippen LogP contribution in [0.5, 0.6) is 5.75 Å². The standard InChI is InChI=1S/C28H20N4OS/c1-33-25-14-12-21(13-15-25)27-23(18-32(31-27)24-10-6-3-7-11-24)16-22(17-29)28-30-26(19-34-28)20-8-4-2-5-9-20/h2-16,18-19H,1H3/b22-16-. The summed E-state index contributed by atoms with van der Waals surface area (Å²) >= 11 is 1.46. The van der Waals surface area contributed by atoms with Crippen LogP contribution in [-0.2, 0) is 0 Å². The minimum atomic E-state index is 0.495. The van der Waals surface area contributed by atoms with Crippen molar-refractivity contribution >= 4 is 23.0 Å². The SMILES string of the molecule is COc1ccc(-c2nn(-c3ccccc3)cc2/C=C(/C#N)c2nc(-c3ccccc3)cs2)cc1.